The zero-order valence-corrected chi connectivity index (χ0v) is 9.03. The lowest BCUT2D eigenvalue weighted by Crippen LogP contribution is -2.45. The number of nitrogens with zero attached hydrogens (tertiary/aromatic N) is 1. The first kappa shape index (κ1) is 10.0. The second-order valence-electron chi connectivity index (χ2n) is 4.02. The molecular formula is C12H17N3. The lowest BCUT2D eigenvalue weighted by Gasteiger charge is -2.29. The molecule has 1 aliphatic heterocycles. The Morgan fingerprint density at radius 2 is 2.13 bits per heavy atom. The molecule has 1 heterocycles. The van der Waals surface area contributed by atoms with Gasteiger partial charge in [-0.05, 0) is 12.0 Å². The second kappa shape index (κ2) is 3.93. The molecule has 3 heteroatoms. The Morgan fingerprint density at radius 1 is 1.40 bits per heavy atom. The van der Waals surface area contributed by atoms with Crippen molar-refractivity contribution in [3.05, 3.63) is 35.9 Å². The summed E-state index contributed by atoms with van der Waals surface area (Å²) in [5, 5.41) is 3.31. The molecule has 0 aliphatic carbocycles. The fourth-order valence-corrected chi connectivity index (χ4v) is 2.18. The van der Waals surface area contributed by atoms with Gasteiger partial charge in [0.25, 0.3) is 0 Å². The summed E-state index contributed by atoms with van der Waals surface area (Å²) in [7, 11) is 0. The van der Waals surface area contributed by atoms with Gasteiger partial charge in [0.1, 0.15) is 0 Å². The van der Waals surface area contributed by atoms with Gasteiger partial charge in [0, 0.05) is 0 Å². The van der Waals surface area contributed by atoms with Crippen molar-refractivity contribution in [3.8, 4) is 0 Å². The van der Waals surface area contributed by atoms with E-state index in [0.717, 1.165) is 19.4 Å². The maximum atomic E-state index is 5.72. The van der Waals surface area contributed by atoms with E-state index in [1.807, 2.05) is 6.07 Å². The van der Waals surface area contributed by atoms with E-state index in [4.69, 9.17) is 5.73 Å². The minimum Gasteiger partial charge on any atom is -0.370 e. The first-order chi connectivity index (χ1) is 7.27. The van der Waals surface area contributed by atoms with E-state index >= 15 is 0 Å². The van der Waals surface area contributed by atoms with Crippen LogP contribution in [0.15, 0.2) is 35.3 Å². The lowest BCUT2D eigenvalue weighted by molar-refractivity contribution is 0.392. The van der Waals surface area contributed by atoms with Gasteiger partial charge in [0.15, 0.2) is 5.96 Å². The number of nitrogens with two attached hydrogens (primary N) is 1. The molecule has 0 aromatic heterocycles. The molecule has 0 radical (unpaired) electrons. The number of nitrogens with one attached hydrogen (secondary N) is 1. The quantitative estimate of drug-likeness (QED) is 0.784. The van der Waals surface area contributed by atoms with Crippen LogP contribution in [0.4, 0.5) is 0 Å². The van der Waals surface area contributed by atoms with Crippen molar-refractivity contribution < 1.29 is 0 Å². The van der Waals surface area contributed by atoms with Crippen LogP contribution >= 0.6 is 0 Å². The van der Waals surface area contributed by atoms with Gasteiger partial charge in [-0.3, -0.25) is 4.99 Å². The predicted octanol–water partition coefficient (Wildman–Crippen LogP) is 1.60. The molecule has 0 saturated carbocycles. The number of guanidine groups is 1. The first-order valence-electron chi connectivity index (χ1n) is 5.40. The van der Waals surface area contributed by atoms with Gasteiger partial charge in [-0.25, -0.2) is 0 Å². The fourth-order valence-electron chi connectivity index (χ4n) is 2.18. The summed E-state index contributed by atoms with van der Waals surface area (Å²) >= 11 is 0. The number of hydrogen-bond acceptors (Lipinski definition) is 3. The SMILES string of the molecule is CCCC1(c2ccccc2)CN=C(N)N1. The highest BCUT2D eigenvalue weighted by atomic mass is 15.2. The Morgan fingerprint density at radius 3 is 2.67 bits per heavy atom. The summed E-state index contributed by atoms with van der Waals surface area (Å²) in [4.78, 5) is 4.27. The number of rotatable bonds is 3. The van der Waals surface area contributed by atoms with Crippen LogP contribution in [0.25, 0.3) is 0 Å². The number of hydrogen-bond donors (Lipinski definition) is 2. The Bertz CT molecular complexity index is 358. The highest BCUT2D eigenvalue weighted by Crippen LogP contribution is 2.29. The minimum atomic E-state index is -0.0694. The van der Waals surface area contributed by atoms with E-state index in [0.29, 0.717) is 5.96 Å². The highest BCUT2D eigenvalue weighted by molar-refractivity contribution is 5.81. The van der Waals surface area contributed by atoms with Crippen LogP contribution < -0.4 is 11.1 Å². The molecule has 15 heavy (non-hydrogen) atoms. The zero-order chi connectivity index (χ0) is 10.7. The summed E-state index contributed by atoms with van der Waals surface area (Å²) in [6, 6.07) is 10.4. The standard InChI is InChI=1S/C12H17N3/c1-2-8-12(9-14-11(13)15-12)10-6-4-3-5-7-10/h3-7H,2,8-9H2,1H3,(H3,13,14,15). The third kappa shape index (κ3) is 1.82. The van der Waals surface area contributed by atoms with E-state index in [1.54, 1.807) is 0 Å². The maximum Gasteiger partial charge on any atom is 0.189 e. The van der Waals surface area contributed by atoms with Crippen LogP contribution in [0.3, 0.4) is 0 Å². The monoisotopic (exact) mass is 203 g/mol. The Labute approximate surface area is 90.4 Å². The topological polar surface area (TPSA) is 50.4 Å². The normalized spacial score (nSPS) is 24.7. The molecular weight excluding hydrogens is 186 g/mol. The van der Waals surface area contributed by atoms with Gasteiger partial charge >= 0.3 is 0 Å². The molecule has 0 fully saturated rings. The van der Waals surface area contributed by atoms with Crippen LogP contribution in [0.2, 0.25) is 0 Å². The molecule has 3 N–H and O–H groups in total. The molecule has 2 rings (SSSR count). The summed E-state index contributed by atoms with van der Waals surface area (Å²) < 4.78 is 0. The van der Waals surface area contributed by atoms with Crippen molar-refractivity contribution >= 4 is 5.96 Å². The van der Waals surface area contributed by atoms with E-state index in [9.17, 15) is 0 Å². The summed E-state index contributed by atoms with van der Waals surface area (Å²) in [6.45, 7) is 2.93. The molecule has 0 amide bonds. The van der Waals surface area contributed by atoms with Crippen LogP contribution in [-0.4, -0.2) is 12.5 Å². The molecule has 1 aromatic rings. The average Bonchev–Trinajstić information content (AvgIpc) is 2.63. The molecule has 80 valence electrons. The Hall–Kier alpha value is -1.51. The van der Waals surface area contributed by atoms with E-state index in [2.05, 4.69) is 41.5 Å². The molecule has 0 spiro atoms. The van der Waals surface area contributed by atoms with Gasteiger partial charge in [0.2, 0.25) is 0 Å². The van der Waals surface area contributed by atoms with Gasteiger partial charge in [-0.1, -0.05) is 43.7 Å². The molecule has 1 unspecified atom stereocenters. The van der Waals surface area contributed by atoms with Crippen LogP contribution in [0, 0.1) is 0 Å². The van der Waals surface area contributed by atoms with Crippen molar-refractivity contribution in [2.75, 3.05) is 6.54 Å². The van der Waals surface area contributed by atoms with Crippen molar-refractivity contribution in [1.82, 2.24) is 5.32 Å². The third-order valence-corrected chi connectivity index (χ3v) is 2.89. The molecule has 1 aromatic carbocycles. The van der Waals surface area contributed by atoms with Crippen molar-refractivity contribution in [2.45, 2.75) is 25.3 Å². The molecule has 0 bridgehead atoms. The van der Waals surface area contributed by atoms with Crippen molar-refractivity contribution in [3.63, 3.8) is 0 Å². The molecule has 1 atom stereocenters. The van der Waals surface area contributed by atoms with Crippen molar-refractivity contribution in [2.24, 2.45) is 10.7 Å². The summed E-state index contributed by atoms with van der Waals surface area (Å²) in [5.74, 6) is 0.562. The molecule has 1 aliphatic rings. The first-order valence-corrected chi connectivity index (χ1v) is 5.40. The summed E-state index contributed by atoms with van der Waals surface area (Å²) in [6.07, 6.45) is 2.17. The minimum absolute atomic E-state index is 0.0694. The predicted molar refractivity (Wildman–Crippen MR) is 62.7 cm³/mol. The summed E-state index contributed by atoms with van der Waals surface area (Å²) in [5.41, 5.74) is 6.92. The van der Waals surface area contributed by atoms with Gasteiger partial charge in [0.05, 0.1) is 12.1 Å². The number of aliphatic imine (C=N–C) groups is 1. The number of benzene rings is 1. The van der Waals surface area contributed by atoms with Crippen LogP contribution in [0.5, 0.6) is 0 Å². The van der Waals surface area contributed by atoms with E-state index in [1.165, 1.54) is 5.56 Å². The Balaban J connectivity index is 2.29. The van der Waals surface area contributed by atoms with Crippen molar-refractivity contribution in [1.29, 1.82) is 0 Å². The third-order valence-electron chi connectivity index (χ3n) is 2.89. The molecule has 0 saturated heterocycles. The fraction of sp³-hybridized carbons (Fsp3) is 0.417. The van der Waals surface area contributed by atoms with Gasteiger partial charge < -0.3 is 11.1 Å². The highest BCUT2D eigenvalue weighted by Gasteiger charge is 2.35. The Kier molecular flexibility index (Phi) is 2.62. The van der Waals surface area contributed by atoms with Gasteiger partial charge in [-0.15, -0.1) is 0 Å². The lowest BCUT2D eigenvalue weighted by atomic mass is 9.86. The maximum absolute atomic E-state index is 5.72. The largest absolute Gasteiger partial charge is 0.370 e. The van der Waals surface area contributed by atoms with E-state index < -0.39 is 0 Å². The smallest absolute Gasteiger partial charge is 0.189 e. The zero-order valence-electron chi connectivity index (χ0n) is 9.03. The average molecular weight is 203 g/mol. The van der Waals surface area contributed by atoms with Crippen LogP contribution in [0.1, 0.15) is 25.3 Å². The van der Waals surface area contributed by atoms with Gasteiger partial charge in [-0.2, -0.15) is 0 Å². The van der Waals surface area contributed by atoms with Crippen LogP contribution in [-0.2, 0) is 5.54 Å². The second-order valence-corrected chi connectivity index (χ2v) is 4.02. The van der Waals surface area contributed by atoms with E-state index in [-0.39, 0.29) is 5.54 Å². The molecule has 3 nitrogen and oxygen atoms in total.